The van der Waals surface area contributed by atoms with E-state index in [4.69, 9.17) is 0 Å². The molecular formula is C48H52N4+2. The van der Waals surface area contributed by atoms with Gasteiger partial charge in [0.15, 0.2) is 11.4 Å². The zero-order valence-corrected chi connectivity index (χ0v) is 32.0. The van der Waals surface area contributed by atoms with Gasteiger partial charge in [0.1, 0.15) is 28.2 Å². The molecule has 52 heavy (non-hydrogen) atoms. The summed E-state index contributed by atoms with van der Waals surface area (Å²) in [5, 5.41) is 0. The maximum Gasteiger partial charge on any atom is 0.199 e. The highest BCUT2D eigenvalue weighted by Crippen LogP contribution is 2.52. The molecule has 0 spiro atoms. The molecule has 2 aliphatic rings. The lowest BCUT2D eigenvalue weighted by Gasteiger charge is -2.35. The van der Waals surface area contributed by atoms with E-state index in [1.165, 1.54) is 67.3 Å². The van der Waals surface area contributed by atoms with Gasteiger partial charge >= 0.3 is 0 Å². The second kappa shape index (κ2) is 16.1. The lowest BCUT2D eigenvalue weighted by Crippen LogP contribution is -2.19. The van der Waals surface area contributed by atoms with Crippen molar-refractivity contribution < 1.29 is 9.15 Å². The highest BCUT2D eigenvalue weighted by Gasteiger charge is 2.35. The predicted octanol–water partition coefficient (Wildman–Crippen LogP) is 9.27. The largest absolute Gasteiger partial charge is 0.378 e. The minimum atomic E-state index is -0.0453. The third kappa shape index (κ3) is 7.92. The maximum absolute atomic E-state index is 2.31. The topological polar surface area (TPSA) is 12.5 Å². The molecule has 0 N–H and O–H groups in total. The highest BCUT2D eigenvalue weighted by atomic mass is 15.1. The van der Waals surface area contributed by atoms with E-state index < -0.39 is 0 Å². The van der Waals surface area contributed by atoms with Crippen LogP contribution >= 0.6 is 0 Å². The highest BCUT2D eigenvalue weighted by molar-refractivity contribution is 6.04. The van der Waals surface area contributed by atoms with E-state index in [0.29, 0.717) is 0 Å². The first-order chi connectivity index (χ1) is 25.1. The molecule has 0 fully saturated rings. The van der Waals surface area contributed by atoms with Gasteiger partial charge in [0.25, 0.3) is 0 Å². The van der Waals surface area contributed by atoms with Crippen LogP contribution in [0.15, 0.2) is 169 Å². The summed E-state index contributed by atoms with van der Waals surface area (Å²) in [5.41, 5.74) is 14.7. The Hall–Kier alpha value is -5.74. The quantitative estimate of drug-likeness (QED) is 0.163. The van der Waals surface area contributed by atoms with E-state index in [1.54, 1.807) is 0 Å². The predicted molar refractivity (Wildman–Crippen MR) is 225 cm³/mol. The molecule has 0 saturated carbocycles. The third-order valence-corrected chi connectivity index (χ3v) is 10.1. The molecular weight excluding hydrogens is 633 g/mol. The molecule has 4 aromatic rings. The summed E-state index contributed by atoms with van der Waals surface area (Å²) >= 11 is 0. The minimum Gasteiger partial charge on any atom is -0.378 e. The van der Waals surface area contributed by atoms with Crippen molar-refractivity contribution in [3.05, 3.63) is 191 Å². The third-order valence-electron chi connectivity index (χ3n) is 10.1. The van der Waals surface area contributed by atoms with Crippen LogP contribution in [0.5, 0.6) is 0 Å². The maximum atomic E-state index is 2.31. The average molecular weight is 685 g/mol. The summed E-state index contributed by atoms with van der Waals surface area (Å²) < 4.78 is 4.33. The van der Waals surface area contributed by atoms with Crippen molar-refractivity contribution in [2.45, 2.75) is 11.8 Å². The first-order valence-electron chi connectivity index (χ1n) is 18.1. The normalized spacial score (nSPS) is 14.7. The number of benzene rings is 4. The zero-order valence-electron chi connectivity index (χ0n) is 32.0. The summed E-state index contributed by atoms with van der Waals surface area (Å²) in [6, 6.07) is 40.4. The van der Waals surface area contributed by atoms with Crippen molar-refractivity contribution in [1.29, 1.82) is 0 Å². The van der Waals surface area contributed by atoms with E-state index in [0.717, 1.165) is 0 Å². The molecule has 6 rings (SSSR count). The number of hydrogen-bond donors (Lipinski definition) is 0. The zero-order chi connectivity index (χ0) is 36.8. The average Bonchev–Trinajstić information content (AvgIpc) is 3.17. The van der Waals surface area contributed by atoms with Gasteiger partial charge in [-0.3, -0.25) is 0 Å². The second-order valence-corrected chi connectivity index (χ2v) is 14.4. The Morgan fingerprint density at radius 3 is 0.981 bits per heavy atom. The Morgan fingerprint density at radius 1 is 0.404 bits per heavy atom. The van der Waals surface area contributed by atoms with Crippen LogP contribution in [0.3, 0.4) is 0 Å². The number of rotatable bonds is 9. The number of anilines is 2. The minimum absolute atomic E-state index is 0.0453. The van der Waals surface area contributed by atoms with Crippen LogP contribution in [0.1, 0.15) is 34.1 Å². The van der Waals surface area contributed by atoms with Crippen LogP contribution in [0.4, 0.5) is 11.4 Å². The Bertz CT molecular complexity index is 1930. The number of hydrogen-bond acceptors (Lipinski definition) is 2. The van der Waals surface area contributed by atoms with Crippen molar-refractivity contribution in [2.75, 3.05) is 66.2 Å². The van der Waals surface area contributed by atoms with Crippen LogP contribution in [-0.2, 0) is 0 Å². The smallest absolute Gasteiger partial charge is 0.199 e. The van der Waals surface area contributed by atoms with E-state index in [2.05, 4.69) is 233 Å². The molecule has 0 bridgehead atoms. The Morgan fingerprint density at radius 2 is 0.712 bits per heavy atom. The molecule has 0 radical (unpaired) electrons. The van der Waals surface area contributed by atoms with Gasteiger partial charge in [-0.25, -0.2) is 9.15 Å². The van der Waals surface area contributed by atoms with E-state index in [9.17, 15) is 0 Å². The fraction of sp³-hybridized carbons (Fsp3) is 0.208. The first-order valence-corrected chi connectivity index (χ1v) is 18.1. The summed E-state index contributed by atoms with van der Waals surface area (Å²) in [6.45, 7) is 0. The van der Waals surface area contributed by atoms with Crippen LogP contribution in [0, 0.1) is 0 Å². The number of allylic oxidation sites excluding steroid dienone is 12. The molecule has 2 unspecified atom stereocenters. The molecule has 0 aliphatic heterocycles. The fourth-order valence-electron chi connectivity index (χ4n) is 7.18. The standard InChI is InChI=1S/C48H52N4/c1-49(2)41-27-19-37(20-28-41)45(38-21-29-42(30-22-38)50(3)4)47(35-15-11-9-12-16-35)48(36-17-13-10-14-18-36)46(39-23-31-43(32-24-39)51(5)6)40-25-33-44(34-26-40)52(7)8/h9-34,47-48H,1-8H3/q+2. The Balaban J connectivity index is 1.73. The van der Waals surface area contributed by atoms with Gasteiger partial charge in [0.2, 0.25) is 0 Å². The molecule has 4 aromatic carbocycles. The van der Waals surface area contributed by atoms with Gasteiger partial charge in [-0.1, -0.05) is 84.9 Å². The van der Waals surface area contributed by atoms with Gasteiger partial charge in [-0.2, -0.15) is 0 Å². The lowest BCUT2D eigenvalue weighted by atomic mass is 9.67. The van der Waals surface area contributed by atoms with Gasteiger partial charge in [-0.05, 0) is 93.1 Å². The molecule has 2 aliphatic carbocycles. The molecule has 4 nitrogen and oxygen atoms in total. The van der Waals surface area contributed by atoms with Crippen molar-refractivity contribution in [2.24, 2.45) is 0 Å². The van der Waals surface area contributed by atoms with Crippen LogP contribution in [0.25, 0.3) is 11.1 Å². The van der Waals surface area contributed by atoms with Crippen molar-refractivity contribution >= 4 is 33.9 Å². The van der Waals surface area contributed by atoms with E-state index in [1.807, 2.05) is 0 Å². The van der Waals surface area contributed by atoms with Crippen LogP contribution in [-0.4, -0.2) is 77.0 Å². The summed E-state index contributed by atoms with van der Waals surface area (Å²) in [5.74, 6) is -0.0906. The Kier molecular flexibility index (Phi) is 11.2. The van der Waals surface area contributed by atoms with E-state index >= 15 is 0 Å². The number of nitrogens with zero attached hydrogens (tertiary/aromatic N) is 4. The van der Waals surface area contributed by atoms with Crippen molar-refractivity contribution in [3.63, 3.8) is 0 Å². The molecule has 262 valence electrons. The van der Waals surface area contributed by atoms with Crippen molar-refractivity contribution in [1.82, 2.24) is 0 Å². The van der Waals surface area contributed by atoms with Crippen molar-refractivity contribution in [3.8, 4) is 0 Å². The first kappa shape index (κ1) is 36.1. The van der Waals surface area contributed by atoms with Gasteiger partial charge in [0, 0.05) is 75.7 Å². The molecule has 0 amide bonds. The molecule has 0 saturated heterocycles. The summed E-state index contributed by atoms with van der Waals surface area (Å²) in [6.07, 6.45) is 18.2. The monoisotopic (exact) mass is 684 g/mol. The fourth-order valence-corrected chi connectivity index (χ4v) is 7.18. The molecule has 0 aromatic heterocycles. The van der Waals surface area contributed by atoms with Gasteiger partial charge in [0.05, 0.1) is 0 Å². The SMILES string of the molecule is CN(C)c1ccc(C(=C2C=CC(=[N+](C)C)C=C2)C(c2ccccc2)C(C(=C2C=CC(=[N+](C)C)C=C2)c2ccc(N(C)C)cc2)c2ccccc2)cc1. The van der Waals surface area contributed by atoms with Gasteiger partial charge < -0.3 is 9.80 Å². The second-order valence-electron chi connectivity index (χ2n) is 14.4. The van der Waals surface area contributed by atoms with Crippen LogP contribution < -0.4 is 9.80 Å². The molecule has 0 heterocycles. The molecule has 4 heteroatoms. The summed E-state index contributed by atoms with van der Waals surface area (Å²) in [4.78, 5) is 4.33. The lowest BCUT2D eigenvalue weighted by molar-refractivity contribution is -0.462. The summed E-state index contributed by atoms with van der Waals surface area (Å²) in [7, 11) is 16.8. The van der Waals surface area contributed by atoms with Crippen LogP contribution in [0.2, 0.25) is 0 Å². The molecule has 2 atom stereocenters. The van der Waals surface area contributed by atoms with E-state index in [-0.39, 0.29) is 11.8 Å². The van der Waals surface area contributed by atoms with Gasteiger partial charge in [-0.15, -0.1) is 0 Å². The Labute approximate surface area is 311 Å².